The smallest absolute Gasteiger partial charge is 0.407 e. The number of nitrogens with two attached hydrogens (primary N) is 1. The van der Waals surface area contributed by atoms with Crippen molar-refractivity contribution < 1.29 is 28.6 Å². The Labute approximate surface area is 141 Å². The van der Waals surface area contributed by atoms with Gasteiger partial charge in [-0.3, -0.25) is 9.59 Å². The molecule has 0 aliphatic carbocycles. The number of halogens is 2. The Morgan fingerprint density at radius 1 is 1.46 bits per heavy atom. The second-order valence-electron chi connectivity index (χ2n) is 5.25. The van der Waals surface area contributed by atoms with E-state index in [2.05, 4.69) is 5.32 Å². The summed E-state index contributed by atoms with van der Waals surface area (Å²) in [7, 11) is 0. The quantitative estimate of drug-likeness (QED) is 0.644. The van der Waals surface area contributed by atoms with Gasteiger partial charge in [0.05, 0.1) is 6.54 Å². The van der Waals surface area contributed by atoms with Gasteiger partial charge in [-0.25, -0.2) is 9.18 Å². The van der Waals surface area contributed by atoms with Crippen molar-refractivity contribution in [3.63, 3.8) is 0 Å². The van der Waals surface area contributed by atoms with Crippen LogP contribution in [0.1, 0.15) is 12.0 Å². The van der Waals surface area contributed by atoms with Gasteiger partial charge in [-0.2, -0.15) is 0 Å². The Morgan fingerprint density at radius 3 is 2.79 bits per heavy atom. The van der Waals surface area contributed by atoms with Gasteiger partial charge < -0.3 is 25.8 Å². The number of ether oxygens (including phenoxy) is 1. The third kappa shape index (κ3) is 4.33. The Balaban J connectivity index is 1.92. The van der Waals surface area contributed by atoms with E-state index in [1.165, 1.54) is 6.07 Å². The molecule has 0 spiro atoms. The van der Waals surface area contributed by atoms with E-state index in [1.807, 2.05) is 0 Å². The summed E-state index contributed by atoms with van der Waals surface area (Å²) in [4.78, 5) is 35.5. The summed E-state index contributed by atoms with van der Waals surface area (Å²) in [5.41, 5.74) is 5.36. The van der Waals surface area contributed by atoms with Gasteiger partial charge in [0.1, 0.15) is 5.82 Å². The zero-order valence-electron chi connectivity index (χ0n) is 12.4. The predicted octanol–water partition coefficient (Wildman–Crippen LogP) is 0.112. The van der Waals surface area contributed by atoms with Crippen molar-refractivity contribution in [3.05, 3.63) is 34.6 Å². The Morgan fingerprint density at radius 2 is 2.17 bits per heavy atom. The molecule has 10 heteroatoms. The molecule has 0 saturated carbocycles. The molecule has 24 heavy (non-hydrogen) atoms. The van der Waals surface area contributed by atoms with Crippen LogP contribution in [0.4, 0.5) is 9.18 Å². The molecule has 0 bridgehead atoms. The van der Waals surface area contributed by atoms with Crippen molar-refractivity contribution >= 4 is 29.5 Å². The number of hydrogen-bond acceptors (Lipinski definition) is 5. The molecule has 2 rings (SSSR count). The summed E-state index contributed by atoms with van der Waals surface area (Å²) < 4.78 is 17.9. The van der Waals surface area contributed by atoms with Gasteiger partial charge in [0.2, 0.25) is 5.91 Å². The van der Waals surface area contributed by atoms with Crippen LogP contribution in [-0.2, 0) is 20.9 Å². The standard InChI is InChI=1S/C14H15ClFN3O5/c15-9-3-8(4-10(16)5-9)6-18-13(22)24-14(23)1-2-19(12(14)21)7-11(17)20/h3-5,23H,1-2,6-7H2,(H2,17,20)(H,18,22). The normalized spacial score (nSPS) is 20.1. The average molecular weight is 360 g/mol. The number of aliphatic hydroxyl groups is 1. The summed E-state index contributed by atoms with van der Waals surface area (Å²) >= 11 is 5.69. The van der Waals surface area contributed by atoms with Crippen molar-refractivity contribution in [2.45, 2.75) is 18.8 Å². The van der Waals surface area contributed by atoms with Crippen LogP contribution in [0.15, 0.2) is 18.2 Å². The minimum atomic E-state index is -2.36. The van der Waals surface area contributed by atoms with E-state index in [0.29, 0.717) is 5.56 Å². The number of benzene rings is 1. The molecule has 1 aromatic rings. The van der Waals surface area contributed by atoms with Crippen molar-refractivity contribution in [1.29, 1.82) is 0 Å². The largest absolute Gasteiger partial charge is 0.410 e. The molecular weight excluding hydrogens is 345 g/mol. The highest BCUT2D eigenvalue weighted by atomic mass is 35.5. The lowest BCUT2D eigenvalue weighted by atomic mass is 10.2. The highest BCUT2D eigenvalue weighted by molar-refractivity contribution is 6.30. The number of rotatable bonds is 5. The molecule has 1 aromatic carbocycles. The molecule has 1 aliphatic rings. The van der Waals surface area contributed by atoms with Gasteiger partial charge in [-0.15, -0.1) is 0 Å². The van der Waals surface area contributed by atoms with E-state index >= 15 is 0 Å². The van der Waals surface area contributed by atoms with Crippen LogP contribution in [0.3, 0.4) is 0 Å². The van der Waals surface area contributed by atoms with Crippen LogP contribution in [0.5, 0.6) is 0 Å². The summed E-state index contributed by atoms with van der Waals surface area (Å²) in [5, 5.41) is 12.5. The summed E-state index contributed by atoms with van der Waals surface area (Å²) in [6, 6.07) is 3.71. The van der Waals surface area contributed by atoms with Crippen LogP contribution in [0, 0.1) is 5.82 Å². The minimum absolute atomic E-state index is 0.0189. The number of carbonyl (C=O) groups excluding carboxylic acids is 3. The van der Waals surface area contributed by atoms with Crippen molar-refractivity contribution in [2.75, 3.05) is 13.1 Å². The van der Waals surface area contributed by atoms with Crippen molar-refractivity contribution in [1.82, 2.24) is 10.2 Å². The first-order valence-electron chi connectivity index (χ1n) is 6.91. The highest BCUT2D eigenvalue weighted by Crippen LogP contribution is 2.24. The fraction of sp³-hybridized carbons (Fsp3) is 0.357. The molecule has 3 amide bonds. The molecular formula is C14H15ClFN3O5. The molecule has 0 aromatic heterocycles. The maximum absolute atomic E-state index is 13.2. The second-order valence-corrected chi connectivity index (χ2v) is 5.68. The molecule has 8 nitrogen and oxygen atoms in total. The minimum Gasteiger partial charge on any atom is -0.407 e. The lowest BCUT2D eigenvalue weighted by molar-refractivity contribution is -0.182. The molecule has 1 unspecified atom stereocenters. The molecule has 1 aliphatic heterocycles. The lowest BCUT2D eigenvalue weighted by Crippen LogP contribution is -2.47. The predicted molar refractivity (Wildman–Crippen MR) is 80.1 cm³/mol. The zero-order valence-corrected chi connectivity index (χ0v) is 13.2. The third-order valence-corrected chi connectivity index (χ3v) is 3.53. The van der Waals surface area contributed by atoms with Gasteiger partial charge >= 0.3 is 6.09 Å². The number of alkyl carbamates (subject to hydrolysis) is 1. The maximum Gasteiger partial charge on any atom is 0.410 e. The number of nitrogens with one attached hydrogen (secondary N) is 1. The Bertz CT molecular complexity index is 666. The fourth-order valence-corrected chi connectivity index (χ4v) is 2.50. The summed E-state index contributed by atoms with van der Waals surface area (Å²) in [5.74, 6) is -4.61. The van der Waals surface area contributed by atoms with Crippen molar-refractivity contribution in [2.24, 2.45) is 5.73 Å². The topological polar surface area (TPSA) is 122 Å². The number of likely N-dealkylation sites (tertiary alicyclic amines) is 1. The van der Waals surface area contributed by atoms with E-state index in [-0.39, 0.29) is 31.1 Å². The fourth-order valence-electron chi connectivity index (χ4n) is 2.25. The Kier molecular flexibility index (Phi) is 5.25. The van der Waals surface area contributed by atoms with E-state index in [4.69, 9.17) is 22.1 Å². The Hall–Kier alpha value is -2.39. The molecule has 0 radical (unpaired) electrons. The monoisotopic (exact) mass is 359 g/mol. The van der Waals surface area contributed by atoms with Crippen LogP contribution in [0.2, 0.25) is 5.02 Å². The summed E-state index contributed by atoms with van der Waals surface area (Å²) in [6.07, 6.45) is -1.27. The van der Waals surface area contributed by atoms with E-state index in [0.717, 1.165) is 17.0 Å². The van der Waals surface area contributed by atoms with Gasteiger partial charge in [0.25, 0.3) is 11.7 Å². The van der Waals surface area contributed by atoms with Gasteiger partial charge in [-0.1, -0.05) is 11.6 Å². The first-order valence-corrected chi connectivity index (χ1v) is 7.29. The molecule has 1 fully saturated rings. The highest BCUT2D eigenvalue weighted by Gasteiger charge is 2.49. The third-order valence-electron chi connectivity index (χ3n) is 3.31. The maximum atomic E-state index is 13.2. The van der Waals surface area contributed by atoms with Gasteiger partial charge in [0, 0.05) is 24.5 Å². The summed E-state index contributed by atoms with van der Waals surface area (Å²) in [6.45, 7) is -0.482. The molecule has 1 atom stereocenters. The SMILES string of the molecule is NC(=O)CN1CCC(O)(OC(=O)NCc2cc(F)cc(Cl)c2)C1=O. The zero-order chi connectivity index (χ0) is 17.9. The van der Waals surface area contributed by atoms with Crippen LogP contribution >= 0.6 is 11.6 Å². The molecule has 1 saturated heterocycles. The number of amides is 3. The average Bonchev–Trinajstić information content (AvgIpc) is 2.72. The second kappa shape index (κ2) is 7.02. The van der Waals surface area contributed by atoms with Crippen LogP contribution < -0.4 is 11.1 Å². The number of hydrogen-bond donors (Lipinski definition) is 3. The molecule has 1 heterocycles. The van der Waals surface area contributed by atoms with E-state index < -0.39 is 29.5 Å². The first kappa shape index (κ1) is 18.0. The van der Waals surface area contributed by atoms with Crippen LogP contribution in [0.25, 0.3) is 0 Å². The lowest BCUT2D eigenvalue weighted by Gasteiger charge is -2.21. The molecule has 130 valence electrons. The van der Waals surface area contributed by atoms with Gasteiger partial charge in [-0.05, 0) is 23.8 Å². The number of carbonyl (C=O) groups is 3. The van der Waals surface area contributed by atoms with E-state index in [9.17, 15) is 23.9 Å². The van der Waals surface area contributed by atoms with Crippen molar-refractivity contribution in [3.8, 4) is 0 Å². The number of primary amides is 1. The van der Waals surface area contributed by atoms with Crippen LogP contribution in [-0.4, -0.2) is 46.8 Å². The first-order chi connectivity index (χ1) is 11.2. The number of nitrogens with zero attached hydrogens (tertiary/aromatic N) is 1. The van der Waals surface area contributed by atoms with Gasteiger partial charge in [0.15, 0.2) is 0 Å². The molecule has 4 N–H and O–H groups in total. The van der Waals surface area contributed by atoms with E-state index in [1.54, 1.807) is 0 Å².